The van der Waals surface area contributed by atoms with Crippen LogP contribution >= 0.6 is 23.8 Å². The molecule has 0 heterocycles. The Morgan fingerprint density at radius 2 is 1.86 bits per heavy atom. The second-order valence-corrected chi connectivity index (χ2v) is 5.13. The van der Waals surface area contributed by atoms with E-state index in [2.05, 4.69) is 5.32 Å². The number of rotatable bonds is 3. The molecule has 21 heavy (non-hydrogen) atoms. The summed E-state index contributed by atoms with van der Waals surface area (Å²) in [5, 5.41) is 3.28. The highest BCUT2D eigenvalue weighted by Crippen LogP contribution is 2.32. The third kappa shape index (κ3) is 3.86. The van der Waals surface area contributed by atoms with Crippen LogP contribution in [-0.4, -0.2) is 4.99 Å². The first-order chi connectivity index (χ1) is 9.77. The van der Waals surface area contributed by atoms with Gasteiger partial charge in [0.15, 0.2) is 0 Å². The molecule has 0 aliphatic rings. The van der Waals surface area contributed by atoms with Crippen molar-refractivity contribution in [1.82, 2.24) is 0 Å². The van der Waals surface area contributed by atoms with E-state index in [0.29, 0.717) is 16.3 Å². The quantitative estimate of drug-likeness (QED) is 0.798. The van der Waals surface area contributed by atoms with E-state index in [0.717, 1.165) is 12.1 Å². The topological polar surface area (TPSA) is 38.0 Å². The van der Waals surface area contributed by atoms with Crippen molar-refractivity contribution < 1.29 is 13.2 Å². The Morgan fingerprint density at radius 1 is 1.14 bits per heavy atom. The predicted molar refractivity (Wildman–Crippen MR) is 82.1 cm³/mol. The number of anilines is 2. The molecule has 0 fully saturated rings. The van der Waals surface area contributed by atoms with Gasteiger partial charge in [-0.1, -0.05) is 29.9 Å². The summed E-state index contributed by atoms with van der Waals surface area (Å²) in [4.78, 5) is 0.126. The van der Waals surface area contributed by atoms with E-state index in [1.807, 2.05) is 0 Å². The molecule has 0 bridgehead atoms. The molecule has 2 rings (SSSR count). The first-order valence-electron chi connectivity index (χ1n) is 5.81. The van der Waals surface area contributed by atoms with Gasteiger partial charge in [0.05, 0.1) is 11.3 Å². The van der Waals surface area contributed by atoms with Crippen molar-refractivity contribution in [3.8, 4) is 0 Å². The van der Waals surface area contributed by atoms with Crippen molar-refractivity contribution in [3.05, 3.63) is 58.6 Å². The molecule has 0 spiro atoms. The lowest BCUT2D eigenvalue weighted by Gasteiger charge is -2.13. The zero-order chi connectivity index (χ0) is 15.6. The molecule has 7 heteroatoms. The van der Waals surface area contributed by atoms with Gasteiger partial charge in [0.1, 0.15) is 4.99 Å². The Morgan fingerprint density at radius 3 is 2.48 bits per heavy atom. The molecule has 0 saturated carbocycles. The number of hydrogen-bond donors (Lipinski definition) is 2. The Hall–Kier alpha value is -1.79. The summed E-state index contributed by atoms with van der Waals surface area (Å²) in [5.41, 5.74) is 6.07. The summed E-state index contributed by atoms with van der Waals surface area (Å²) in [6.45, 7) is 0. The van der Waals surface area contributed by atoms with Crippen molar-refractivity contribution in [1.29, 1.82) is 0 Å². The molecule has 0 radical (unpaired) electrons. The molecule has 0 aromatic heterocycles. The smallest absolute Gasteiger partial charge is 0.389 e. The van der Waals surface area contributed by atoms with Gasteiger partial charge in [0.2, 0.25) is 0 Å². The van der Waals surface area contributed by atoms with Gasteiger partial charge in [-0.3, -0.25) is 0 Å². The van der Waals surface area contributed by atoms with E-state index in [-0.39, 0.29) is 10.7 Å². The molecule has 2 aromatic carbocycles. The van der Waals surface area contributed by atoms with E-state index in [1.54, 1.807) is 18.2 Å². The van der Waals surface area contributed by atoms with E-state index >= 15 is 0 Å². The Labute approximate surface area is 129 Å². The molecule has 0 unspecified atom stereocenters. The number of halogens is 4. The molecular formula is C14H10ClF3N2S. The Bertz CT molecular complexity index is 686. The second kappa shape index (κ2) is 5.91. The molecule has 0 saturated heterocycles. The minimum Gasteiger partial charge on any atom is -0.389 e. The lowest BCUT2D eigenvalue weighted by atomic mass is 10.1. The fourth-order valence-corrected chi connectivity index (χ4v) is 2.11. The van der Waals surface area contributed by atoms with Gasteiger partial charge in [-0.25, -0.2) is 0 Å². The highest BCUT2D eigenvalue weighted by atomic mass is 35.5. The molecule has 2 nitrogen and oxygen atoms in total. The average molecular weight is 331 g/mol. The summed E-state index contributed by atoms with van der Waals surface area (Å²) >= 11 is 10.8. The van der Waals surface area contributed by atoms with E-state index in [1.165, 1.54) is 12.1 Å². The second-order valence-electron chi connectivity index (χ2n) is 4.26. The van der Waals surface area contributed by atoms with Crippen LogP contribution in [0.2, 0.25) is 5.02 Å². The number of thiocarbonyl (C=S) groups is 1. The molecular weight excluding hydrogens is 321 g/mol. The third-order valence-corrected chi connectivity index (χ3v) is 3.17. The van der Waals surface area contributed by atoms with Crippen LogP contribution in [0.3, 0.4) is 0 Å². The zero-order valence-electron chi connectivity index (χ0n) is 10.5. The Kier molecular flexibility index (Phi) is 4.39. The van der Waals surface area contributed by atoms with Crippen LogP contribution in [0.1, 0.15) is 11.1 Å². The van der Waals surface area contributed by atoms with Crippen LogP contribution in [0, 0.1) is 0 Å². The summed E-state index contributed by atoms with van der Waals surface area (Å²) in [5.74, 6) is 0. The molecule has 0 aliphatic heterocycles. The minimum absolute atomic E-state index is 0.126. The molecule has 3 N–H and O–H groups in total. The van der Waals surface area contributed by atoms with Crippen molar-refractivity contribution in [3.63, 3.8) is 0 Å². The van der Waals surface area contributed by atoms with Gasteiger partial charge >= 0.3 is 6.18 Å². The van der Waals surface area contributed by atoms with Crippen LogP contribution < -0.4 is 11.1 Å². The number of alkyl halides is 3. The molecule has 110 valence electrons. The van der Waals surface area contributed by atoms with Crippen LogP contribution in [-0.2, 0) is 6.18 Å². The monoisotopic (exact) mass is 330 g/mol. The molecule has 0 aliphatic carbocycles. The largest absolute Gasteiger partial charge is 0.416 e. The SMILES string of the molecule is NC(=S)c1ccc(Cl)cc1Nc1cccc(C(F)(F)F)c1. The lowest BCUT2D eigenvalue weighted by Crippen LogP contribution is -2.12. The van der Waals surface area contributed by atoms with Crippen LogP contribution in [0.5, 0.6) is 0 Å². The van der Waals surface area contributed by atoms with Crippen LogP contribution in [0.25, 0.3) is 0 Å². The van der Waals surface area contributed by atoms with Gasteiger partial charge in [0, 0.05) is 16.3 Å². The van der Waals surface area contributed by atoms with Crippen LogP contribution in [0.4, 0.5) is 24.5 Å². The van der Waals surface area contributed by atoms with Crippen molar-refractivity contribution in [2.45, 2.75) is 6.18 Å². The number of benzene rings is 2. The number of nitrogens with two attached hydrogens (primary N) is 1. The van der Waals surface area contributed by atoms with Gasteiger partial charge in [-0.2, -0.15) is 13.2 Å². The number of hydrogen-bond acceptors (Lipinski definition) is 2. The predicted octanol–water partition coefficient (Wildman–Crippen LogP) is 4.74. The maximum Gasteiger partial charge on any atom is 0.416 e. The zero-order valence-corrected chi connectivity index (χ0v) is 12.1. The summed E-state index contributed by atoms with van der Waals surface area (Å²) in [6, 6.07) is 9.60. The maximum absolute atomic E-state index is 12.7. The first kappa shape index (κ1) is 15.6. The van der Waals surface area contributed by atoms with Crippen LogP contribution in [0.15, 0.2) is 42.5 Å². The van der Waals surface area contributed by atoms with Crippen molar-refractivity contribution in [2.24, 2.45) is 5.73 Å². The summed E-state index contributed by atoms with van der Waals surface area (Å²) in [7, 11) is 0. The van der Waals surface area contributed by atoms with Gasteiger partial charge in [0.25, 0.3) is 0 Å². The average Bonchev–Trinajstić information content (AvgIpc) is 2.37. The molecule has 0 amide bonds. The fraction of sp³-hybridized carbons (Fsp3) is 0.0714. The van der Waals surface area contributed by atoms with Gasteiger partial charge < -0.3 is 11.1 Å². The Balaban J connectivity index is 2.39. The van der Waals surface area contributed by atoms with Gasteiger partial charge in [-0.15, -0.1) is 0 Å². The summed E-state index contributed by atoms with van der Waals surface area (Å²) < 4.78 is 38.1. The normalized spacial score (nSPS) is 11.2. The highest BCUT2D eigenvalue weighted by Gasteiger charge is 2.30. The standard InChI is InChI=1S/C14H10ClF3N2S/c15-9-4-5-11(13(19)21)12(7-9)20-10-3-1-2-8(6-10)14(16,17)18/h1-7,20H,(H2,19,21). The number of nitrogens with one attached hydrogen (secondary N) is 1. The third-order valence-electron chi connectivity index (χ3n) is 2.72. The fourth-order valence-electron chi connectivity index (χ4n) is 1.76. The molecule has 0 atom stereocenters. The van der Waals surface area contributed by atoms with E-state index in [9.17, 15) is 13.2 Å². The minimum atomic E-state index is -4.40. The first-order valence-corrected chi connectivity index (χ1v) is 6.59. The van der Waals surface area contributed by atoms with E-state index < -0.39 is 11.7 Å². The summed E-state index contributed by atoms with van der Waals surface area (Å²) in [6.07, 6.45) is -4.40. The van der Waals surface area contributed by atoms with E-state index in [4.69, 9.17) is 29.6 Å². The van der Waals surface area contributed by atoms with Crippen molar-refractivity contribution >= 4 is 40.2 Å². The van der Waals surface area contributed by atoms with Gasteiger partial charge in [-0.05, 0) is 36.4 Å². The lowest BCUT2D eigenvalue weighted by molar-refractivity contribution is -0.137. The van der Waals surface area contributed by atoms with Crippen molar-refractivity contribution in [2.75, 3.05) is 5.32 Å². The molecule has 2 aromatic rings. The maximum atomic E-state index is 12.7. The highest BCUT2D eigenvalue weighted by molar-refractivity contribution is 7.80.